The zero-order valence-corrected chi connectivity index (χ0v) is 10.7. The first-order valence-corrected chi connectivity index (χ1v) is 5.90. The first-order chi connectivity index (χ1) is 8.54. The number of rotatable bonds is 3. The van der Waals surface area contributed by atoms with E-state index in [1.165, 1.54) is 5.01 Å². The second kappa shape index (κ2) is 4.51. The number of hydrogen-bond acceptors (Lipinski definition) is 4. The molecule has 1 unspecified atom stereocenters. The normalized spacial score (nSPS) is 23.7. The van der Waals surface area contributed by atoms with Crippen molar-refractivity contribution in [3.63, 3.8) is 0 Å². The maximum Gasteiger partial charge on any atom is 0.275 e. The Balaban J connectivity index is 2.53. The topological polar surface area (TPSA) is 64.9 Å². The number of benzene rings is 1. The van der Waals surface area contributed by atoms with Crippen LogP contribution in [0.2, 0.25) is 0 Å². The Labute approximate surface area is 106 Å². The SMILES string of the molecule is CC1=NN(C(C)C)C(=O)C1(NO)c1ccccc1. The van der Waals surface area contributed by atoms with E-state index in [1.54, 1.807) is 19.1 Å². The number of nitrogens with zero attached hydrogens (tertiary/aromatic N) is 2. The van der Waals surface area contributed by atoms with Crippen molar-refractivity contribution < 1.29 is 10.0 Å². The van der Waals surface area contributed by atoms with Crippen molar-refractivity contribution in [2.45, 2.75) is 32.4 Å². The lowest BCUT2D eigenvalue weighted by atomic mass is 9.86. The van der Waals surface area contributed by atoms with Crippen molar-refractivity contribution in [1.29, 1.82) is 0 Å². The fourth-order valence-electron chi connectivity index (χ4n) is 2.17. The molecule has 1 aliphatic rings. The van der Waals surface area contributed by atoms with Gasteiger partial charge in [-0.2, -0.15) is 10.6 Å². The third kappa shape index (κ3) is 1.63. The third-order valence-electron chi connectivity index (χ3n) is 3.19. The molecule has 1 aromatic carbocycles. The van der Waals surface area contributed by atoms with Gasteiger partial charge in [0.15, 0.2) is 5.54 Å². The van der Waals surface area contributed by atoms with Gasteiger partial charge in [0.1, 0.15) is 0 Å². The van der Waals surface area contributed by atoms with E-state index in [-0.39, 0.29) is 11.9 Å². The summed E-state index contributed by atoms with van der Waals surface area (Å²) in [6.07, 6.45) is 0. The second-order valence-corrected chi connectivity index (χ2v) is 4.66. The summed E-state index contributed by atoms with van der Waals surface area (Å²) in [4.78, 5) is 12.5. The largest absolute Gasteiger partial charge is 0.315 e. The molecule has 0 aromatic heterocycles. The smallest absolute Gasteiger partial charge is 0.275 e. The van der Waals surface area contributed by atoms with Crippen LogP contribution in [0.15, 0.2) is 35.4 Å². The minimum atomic E-state index is -1.26. The van der Waals surface area contributed by atoms with Crippen LogP contribution in [-0.2, 0) is 10.3 Å². The van der Waals surface area contributed by atoms with E-state index in [9.17, 15) is 10.0 Å². The summed E-state index contributed by atoms with van der Waals surface area (Å²) in [5.74, 6) is -0.260. The molecule has 0 bridgehead atoms. The molecular formula is C13H17N3O2. The molecule has 0 aliphatic carbocycles. The van der Waals surface area contributed by atoms with Crippen LogP contribution in [0, 0.1) is 0 Å². The van der Waals surface area contributed by atoms with E-state index in [4.69, 9.17) is 0 Å². The lowest BCUT2D eigenvalue weighted by Gasteiger charge is -2.28. The summed E-state index contributed by atoms with van der Waals surface area (Å²) in [6.45, 7) is 5.50. The monoisotopic (exact) mass is 247 g/mol. The maximum atomic E-state index is 12.5. The zero-order valence-electron chi connectivity index (χ0n) is 10.7. The van der Waals surface area contributed by atoms with E-state index in [0.717, 1.165) is 0 Å². The summed E-state index contributed by atoms with van der Waals surface area (Å²) >= 11 is 0. The highest BCUT2D eigenvalue weighted by atomic mass is 16.5. The highest BCUT2D eigenvalue weighted by Gasteiger charge is 2.51. The summed E-state index contributed by atoms with van der Waals surface area (Å²) < 4.78 is 0. The maximum absolute atomic E-state index is 12.5. The van der Waals surface area contributed by atoms with Crippen molar-refractivity contribution in [3.8, 4) is 0 Å². The summed E-state index contributed by atoms with van der Waals surface area (Å²) in [7, 11) is 0. The Bertz CT molecular complexity index is 484. The molecule has 5 heteroatoms. The van der Waals surface area contributed by atoms with Gasteiger partial charge < -0.3 is 5.21 Å². The van der Waals surface area contributed by atoms with Gasteiger partial charge in [-0.1, -0.05) is 30.3 Å². The summed E-state index contributed by atoms with van der Waals surface area (Å²) in [6, 6.07) is 9.06. The number of carbonyl (C=O) groups excluding carboxylic acids is 1. The molecule has 18 heavy (non-hydrogen) atoms. The van der Waals surface area contributed by atoms with Crippen molar-refractivity contribution in [2.24, 2.45) is 5.10 Å². The van der Waals surface area contributed by atoms with Gasteiger partial charge in [0.25, 0.3) is 5.91 Å². The fourth-order valence-corrected chi connectivity index (χ4v) is 2.17. The van der Waals surface area contributed by atoms with Crippen LogP contribution in [-0.4, -0.2) is 27.9 Å². The molecule has 1 aromatic rings. The van der Waals surface area contributed by atoms with E-state index < -0.39 is 5.54 Å². The minimum Gasteiger partial charge on any atom is -0.315 e. The first-order valence-electron chi connectivity index (χ1n) is 5.90. The number of hydrogen-bond donors (Lipinski definition) is 2. The number of carbonyl (C=O) groups is 1. The van der Waals surface area contributed by atoms with Gasteiger partial charge in [0, 0.05) is 0 Å². The standard InChI is InChI=1S/C13H17N3O2/c1-9(2)16-12(17)13(15-18,10(3)14-16)11-7-5-4-6-8-11/h4-9,15,18H,1-3H3. The number of hydrazone groups is 1. The second-order valence-electron chi connectivity index (χ2n) is 4.66. The van der Waals surface area contributed by atoms with Gasteiger partial charge in [-0.25, -0.2) is 5.01 Å². The van der Waals surface area contributed by atoms with Gasteiger partial charge in [0.2, 0.25) is 0 Å². The van der Waals surface area contributed by atoms with Gasteiger partial charge in [-0.05, 0) is 26.3 Å². The molecule has 0 radical (unpaired) electrons. The molecule has 1 heterocycles. The van der Waals surface area contributed by atoms with Crippen molar-refractivity contribution in [1.82, 2.24) is 10.5 Å². The van der Waals surface area contributed by atoms with Gasteiger partial charge >= 0.3 is 0 Å². The number of nitrogens with one attached hydrogen (secondary N) is 1. The molecule has 0 saturated heterocycles. The molecule has 1 amide bonds. The molecule has 1 aliphatic heterocycles. The van der Waals surface area contributed by atoms with E-state index in [1.807, 2.05) is 32.0 Å². The predicted octanol–water partition coefficient (Wildman–Crippen LogP) is 1.49. The number of hydroxylamine groups is 1. The fraction of sp³-hybridized carbons (Fsp3) is 0.385. The van der Waals surface area contributed by atoms with E-state index in [0.29, 0.717) is 11.3 Å². The third-order valence-corrected chi connectivity index (χ3v) is 3.19. The average molecular weight is 247 g/mol. The van der Waals surface area contributed by atoms with Crippen LogP contribution >= 0.6 is 0 Å². The molecule has 2 N–H and O–H groups in total. The van der Waals surface area contributed by atoms with Gasteiger partial charge in [-0.15, -0.1) is 0 Å². The number of amides is 1. The Kier molecular flexibility index (Phi) is 3.19. The van der Waals surface area contributed by atoms with E-state index in [2.05, 4.69) is 10.6 Å². The lowest BCUT2D eigenvalue weighted by molar-refractivity contribution is -0.139. The van der Waals surface area contributed by atoms with Crippen LogP contribution in [0.4, 0.5) is 0 Å². The minimum absolute atomic E-state index is 0.0496. The summed E-state index contributed by atoms with van der Waals surface area (Å²) in [5, 5.41) is 15.2. The molecule has 2 rings (SSSR count). The van der Waals surface area contributed by atoms with Crippen molar-refractivity contribution in [2.75, 3.05) is 0 Å². The average Bonchev–Trinajstić information content (AvgIpc) is 2.63. The van der Waals surface area contributed by atoms with Gasteiger partial charge in [-0.3, -0.25) is 4.79 Å². The van der Waals surface area contributed by atoms with E-state index >= 15 is 0 Å². The van der Waals surface area contributed by atoms with Crippen LogP contribution in [0.1, 0.15) is 26.3 Å². The van der Waals surface area contributed by atoms with Gasteiger partial charge in [0.05, 0.1) is 11.8 Å². The lowest BCUT2D eigenvalue weighted by Crippen LogP contribution is -2.53. The van der Waals surface area contributed by atoms with Crippen LogP contribution < -0.4 is 5.48 Å². The Morgan fingerprint density at radius 3 is 2.39 bits per heavy atom. The molecule has 1 atom stereocenters. The highest BCUT2D eigenvalue weighted by Crippen LogP contribution is 2.31. The van der Waals surface area contributed by atoms with Crippen LogP contribution in [0.3, 0.4) is 0 Å². The zero-order chi connectivity index (χ0) is 13.3. The molecular weight excluding hydrogens is 230 g/mol. The van der Waals surface area contributed by atoms with Crippen LogP contribution in [0.5, 0.6) is 0 Å². The highest BCUT2D eigenvalue weighted by molar-refractivity contribution is 6.15. The molecule has 96 valence electrons. The molecule has 0 spiro atoms. The Hall–Kier alpha value is -1.72. The van der Waals surface area contributed by atoms with Crippen molar-refractivity contribution >= 4 is 11.6 Å². The quantitative estimate of drug-likeness (QED) is 0.795. The Morgan fingerprint density at radius 2 is 1.94 bits per heavy atom. The predicted molar refractivity (Wildman–Crippen MR) is 68.1 cm³/mol. The van der Waals surface area contributed by atoms with Crippen molar-refractivity contribution in [3.05, 3.63) is 35.9 Å². The molecule has 0 fully saturated rings. The molecule has 0 saturated carbocycles. The first kappa shape index (κ1) is 12.7. The molecule has 5 nitrogen and oxygen atoms in total. The summed E-state index contributed by atoms with van der Waals surface area (Å²) in [5.41, 5.74) is 2.12. The van der Waals surface area contributed by atoms with Crippen LogP contribution in [0.25, 0.3) is 0 Å². The Morgan fingerprint density at radius 1 is 1.33 bits per heavy atom.